The number of halogens is 1. The summed E-state index contributed by atoms with van der Waals surface area (Å²) in [7, 11) is 0. The Hall–Kier alpha value is -2.89. The Morgan fingerprint density at radius 3 is 2.52 bits per heavy atom. The normalized spacial score (nSPS) is 15.6. The summed E-state index contributed by atoms with van der Waals surface area (Å²) in [5, 5.41) is 0. The summed E-state index contributed by atoms with van der Waals surface area (Å²) in [6.45, 7) is 11.2. The molecule has 0 N–H and O–H groups in total. The number of amides is 1. The van der Waals surface area contributed by atoms with Gasteiger partial charge in [0, 0.05) is 29.3 Å². The number of fused-ring (bicyclic) bond motifs is 1. The van der Waals surface area contributed by atoms with Crippen LogP contribution in [0.15, 0.2) is 35.1 Å². The topological polar surface area (TPSA) is 59.8 Å². The van der Waals surface area contributed by atoms with Crippen LogP contribution in [0.2, 0.25) is 0 Å². The van der Waals surface area contributed by atoms with Gasteiger partial charge in [-0.3, -0.25) is 4.79 Å². The number of rotatable bonds is 3. The van der Waals surface area contributed by atoms with E-state index in [1.807, 2.05) is 20.8 Å². The fourth-order valence-corrected chi connectivity index (χ4v) is 3.55. The van der Waals surface area contributed by atoms with Crippen molar-refractivity contribution in [2.75, 3.05) is 6.54 Å². The molecule has 29 heavy (non-hydrogen) atoms. The molecule has 1 aromatic carbocycles. The minimum Gasteiger partial charge on any atom is -0.468 e. The Morgan fingerprint density at radius 1 is 1.21 bits per heavy atom. The summed E-state index contributed by atoms with van der Waals surface area (Å²) in [6, 6.07) is 4.24. The lowest BCUT2D eigenvalue weighted by Crippen LogP contribution is -2.36. The second kappa shape index (κ2) is 7.50. The van der Waals surface area contributed by atoms with Gasteiger partial charge in [0.25, 0.3) is 5.91 Å². The number of benzene rings is 1. The molecule has 0 bridgehead atoms. The summed E-state index contributed by atoms with van der Waals surface area (Å²) >= 11 is 0. The summed E-state index contributed by atoms with van der Waals surface area (Å²) in [5.74, 6) is -0.577. The number of esters is 1. The second-order valence-corrected chi connectivity index (χ2v) is 8.40. The number of hydrogen-bond acceptors (Lipinski definition) is 4. The van der Waals surface area contributed by atoms with Gasteiger partial charge < -0.3 is 14.1 Å². The van der Waals surface area contributed by atoms with Crippen LogP contribution in [0, 0.1) is 19.7 Å². The van der Waals surface area contributed by atoms with E-state index < -0.39 is 11.4 Å². The van der Waals surface area contributed by atoms with E-state index in [2.05, 4.69) is 0 Å². The van der Waals surface area contributed by atoms with Crippen molar-refractivity contribution in [2.45, 2.75) is 53.1 Å². The average Bonchev–Trinajstić information content (AvgIpc) is 2.96. The molecule has 0 aliphatic carbocycles. The van der Waals surface area contributed by atoms with E-state index in [0.29, 0.717) is 29.0 Å². The number of ether oxygens (including phenoxy) is 1. The molecule has 3 rings (SSSR count). The quantitative estimate of drug-likeness (QED) is 0.698. The van der Waals surface area contributed by atoms with Crippen molar-refractivity contribution in [2.24, 2.45) is 0 Å². The predicted octanol–water partition coefficient (Wildman–Crippen LogP) is 4.76. The third kappa shape index (κ3) is 3.97. The Bertz CT molecular complexity index is 1000. The Morgan fingerprint density at radius 2 is 1.90 bits per heavy atom. The number of furan rings is 1. The van der Waals surface area contributed by atoms with Crippen molar-refractivity contribution >= 4 is 17.4 Å². The highest BCUT2D eigenvalue weighted by atomic mass is 19.1. The molecular formula is C23H26FNO4. The largest absolute Gasteiger partial charge is 0.468 e. The number of aryl methyl sites for hydroxylation is 2. The monoisotopic (exact) mass is 399 g/mol. The van der Waals surface area contributed by atoms with Gasteiger partial charge in [-0.2, -0.15) is 0 Å². The first-order valence-electron chi connectivity index (χ1n) is 9.60. The maximum absolute atomic E-state index is 13.7. The summed E-state index contributed by atoms with van der Waals surface area (Å²) in [4.78, 5) is 27.6. The molecule has 1 aliphatic heterocycles. The highest BCUT2D eigenvalue weighted by Crippen LogP contribution is 2.39. The molecule has 0 saturated carbocycles. The van der Waals surface area contributed by atoms with Crippen molar-refractivity contribution in [3.8, 4) is 0 Å². The van der Waals surface area contributed by atoms with Gasteiger partial charge in [0.05, 0.1) is 17.9 Å². The molecule has 0 radical (unpaired) electrons. The van der Waals surface area contributed by atoms with Crippen molar-refractivity contribution < 1.29 is 23.1 Å². The zero-order chi connectivity index (χ0) is 21.5. The van der Waals surface area contributed by atoms with Crippen molar-refractivity contribution in [1.82, 2.24) is 4.90 Å². The molecule has 0 atom stereocenters. The van der Waals surface area contributed by atoms with Crippen LogP contribution in [0.4, 0.5) is 4.39 Å². The third-order valence-corrected chi connectivity index (χ3v) is 4.94. The van der Waals surface area contributed by atoms with E-state index in [1.165, 1.54) is 29.3 Å². The highest BCUT2D eigenvalue weighted by Gasteiger charge is 2.38. The van der Waals surface area contributed by atoms with E-state index in [4.69, 9.17) is 9.15 Å². The van der Waals surface area contributed by atoms with Crippen LogP contribution in [-0.4, -0.2) is 29.4 Å². The molecule has 1 aromatic heterocycles. The van der Waals surface area contributed by atoms with Gasteiger partial charge >= 0.3 is 5.97 Å². The van der Waals surface area contributed by atoms with Gasteiger partial charge in [0.1, 0.15) is 11.6 Å². The lowest BCUT2D eigenvalue weighted by Gasteiger charge is -2.28. The van der Waals surface area contributed by atoms with Crippen LogP contribution >= 0.6 is 0 Å². The first-order chi connectivity index (χ1) is 13.5. The molecule has 2 heterocycles. The molecule has 2 aromatic rings. The van der Waals surface area contributed by atoms with Gasteiger partial charge in [0.15, 0.2) is 0 Å². The van der Waals surface area contributed by atoms with Gasteiger partial charge in [-0.05, 0) is 57.0 Å². The van der Waals surface area contributed by atoms with Gasteiger partial charge in [0.2, 0.25) is 0 Å². The van der Waals surface area contributed by atoms with Crippen LogP contribution in [0.5, 0.6) is 0 Å². The molecule has 0 saturated heterocycles. The Kier molecular flexibility index (Phi) is 5.39. The lowest BCUT2D eigenvalue weighted by molar-refractivity contribution is -0.140. The van der Waals surface area contributed by atoms with Gasteiger partial charge in [-0.25, -0.2) is 9.18 Å². The SMILES string of the molecule is Cc1cc(C(=O)N2C=C(C(=O)OC(C)C)c3c(C)coc3C(C)(C)C2)ccc1F. The maximum Gasteiger partial charge on any atom is 0.340 e. The maximum atomic E-state index is 13.7. The summed E-state index contributed by atoms with van der Waals surface area (Å²) < 4.78 is 24.9. The minimum absolute atomic E-state index is 0.276. The number of nitrogens with zero attached hydrogens (tertiary/aromatic N) is 1. The smallest absolute Gasteiger partial charge is 0.340 e. The van der Waals surface area contributed by atoms with Crippen molar-refractivity contribution in [3.63, 3.8) is 0 Å². The predicted molar refractivity (Wildman–Crippen MR) is 108 cm³/mol. The number of carbonyl (C=O) groups is 2. The van der Waals surface area contributed by atoms with E-state index in [1.54, 1.807) is 27.0 Å². The molecular weight excluding hydrogens is 373 g/mol. The van der Waals surface area contributed by atoms with Crippen LogP contribution in [-0.2, 0) is 14.9 Å². The van der Waals surface area contributed by atoms with Crippen LogP contribution < -0.4 is 0 Å². The van der Waals surface area contributed by atoms with Crippen LogP contribution in [0.25, 0.3) is 5.57 Å². The summed E-state index contributed by atoms with van der Waals surface area (Å²) in [6.07, 6.45) is 2.84. The van der Waals surface area contributed by atoms with Gasteiger partial charge in [-0.1, -0.05) is 13.8 Å². The fraction of sp³-hybridized carbons (Fsp3) is 0.391. The lowest BCUT2D eigenvalue weighted by atomic mass is 9.86. The second-order valence-electron chi connectivity index (χ2n) is 8.40. The Labute approximate surface area is 170 Å². The zero-order valence-electron chi connectivity index (χ0n) is 17.6. The molecule has 0 spiro atoms. The standard InChI is InChI=1S/C23H26FNO4/c1-13(2)29-22(27)17-10-25(21(26)16-7-8-18(24)14(3)9-16)12-23(5,6)20-19(17)15(4)11-28-20/h7-11,13H,12H2,1-6H3. The highest BCUT2D eigenvalue weighted by molar-refractivity contribution is 6.18. The fourth-order valence-electron chi connectivity index (χ4n) is 3.55. The molecule has 0 unspecified atom stereocenters. The average molecular weight is 399 g/mol. The molecule has 6 heteroatoms. The van der Waals surface area contributed by atoms with E-state index in [0.717, 1.165) is 5.56 Å². The Balaban J connectivity index is 2.12. The van der Waals surface area contributed by atoms with Gasteiger partial charge in [-0.15, -0.1) is 0 Å². The molecule has 1 amide bonds. The van der Waals surface area contributed by atoms with E-state index in [-0.39, 0.29) is 23.4 Å². The van der Waals surface area contributed by atoms with Crippen LogP contribution in [0.3, 0.4) is 0 Å². The van der Waals surface area contributed by atoms with Crippen molar-refractivity contribution in [1.29, 1.82) is 0 Å². The van der Waals surface area contributed by atoms with E-state index in [9.17, 15) is 14.0 Å². The minimum atomic E-state index is -0.551. The van der Waals surface area contributed by atoms with Crippen LogP contribution in [0.1, 0.15) is 60.5 Å². The summed E-state index contributed by atoms with van der Waals surface area (Å²) in [5.41, 5.74) is 1.92. The van der Waals surface area contributed by atoms with E-state index >= 15 is 0 Å². The zero-order valence-corrected chi connectivity index (χ0v) is 17.6. The molecule has 0 fully saturated rings. The molecule has 1 aliphatic rings. The first kappa shape index (κ1) is 20.8. The van der Waals surface area contributed by atoms with Crippen molar-refractivity contribution in [3.05, 3.63) is 64.5 Å². The molecule has 5 nitrogen and oxygen atoms in total. The third-order valence-electron chi connectivity index (χ3n) is 4.94. The number of carbonyl (C=O) groups excluding carboxylic acids is 2. The number of hydrogen-bond donors (Lipinski definition) is 0. The molecule has 154 valence electrons. The first-order valence-corrected chi connectivity index (χ1v) is 9.60.